The first-order valence-corrected chi connectivity index (χ1v) is 7.73. The molecule has 0 radical (unpaired) electrons. The van der Waals surface area contributed by atoms with Gasteiger partial charge in [0.05, 0.1) is 0 Å². The van der Waals surface area contributed by atoms with Gasteiger partial charge in [-0.15, -0.1) is 0 Å². The summed E-state index contributed by atoms with van der Waals surface area (Å²) in [6, 6.07) is 0.889. The zero-order valence-electron chi connectivity index (χ0n) is 11.3. The van der Waals surface area contributed by atoms with Crippen LogP contribution in [-0.2, 0) is 0 Å². The van der Waals surface area contributed by atoms with Crippen LogP contribution in [0, 0.1) is 17.8 Å². The van der Waals surface area contributed by atoms with E-state index in [1.807, 2.05) is 0 Å². The third kappa shape index (κ3) is 2.85. The van der Waals surface area contributed by atoms with E-state index in [9.17, 15) is 0 Å². The molecule has 3 fully saturated rings. The Bertz CT molecular complexity index is 245. The lowest BCUT2D eigenvalue weighted by Gasteiger charge is -2.30. The molecular formula is C15H28N2. The van der Waals surface area contributed by atoms with Crippen molar-refractivity contribution in [2.45, 2.75) is 51.0 Å². The minimum absolute atomic E-state index is 0.889. The average molecular weight is 236 g/mol. The number of hydrogen-bond acceptors (Lipinski definition) is 2. The van der Waals surface area contributed by atoms with Crippen molar-refractivity contribution in [3.8, 4) is 0 Å². The molecule has 1 N–H and O–H groups in total. The lowest BCUT2D eigenvalue weighted by atomic mass is 9.92. The van der Waals surface area contributed by atoms with Gasteiger partial charge in [-0.05, 0) is 83.0 Å². The van der Waals surface area contributed by atoms with Gasteiger partial charge in [0.2, 0.25) is 0 Å². The molecule has 2 saturated carbocycles. The molecule has 3 atom stereocenters. The van der Waals surface area contributed by atoms with Gasteiger partial charge in [0, 0.05) is 6.04 Å². The highest BCUT2D eigenvalue weighted by Gasteiger charge is 2.38. The molecule has 0 aromatic rings. The molecule has 2 nitrogen and oxygen atoms in total. The second-order valence-corrected chi connectivity index (χ2v) is 6.77. The Morgan fingerprint density at radius 2 is 1.88 bits per heavy atom. The first kappa shape index (κ1) is 12.0. The van der Waals surface area contributed by atoms with Crippen molar-refractivity contribution in [1.82, 2.24) is 10.2 Å². The molecule has 0 aromatic heterocycles. The van der Waals surface area contributed by atoms with Gasteiger partial charge in [-0.25, -0.2) is 0 Å². The molecule has 3 aliphatic rings. The van der Waals surface area contributed by atoms with E-state index in [-0.39, 0.29) is 0 Å². The number of nitrogens with one attached hydrogen (secondary N) is 1. The van der Waals surface area contributed by atoms with Gasteiger partial charge in [0.15, 0.2) is 0 Å². The van der Waals surface area contributed by atoms with Crippen molar-refractivity contribution in [1.29, 1.82) is 0 Å². The van der Waals surface area contributed by atoms with Crippen LogP contribution in [0.15, 0.2) is 0 Å². The number of fused-ring (bicyclic) bond motifs is 2. The summed E-state index contributed by atoms with van der Waals surface area (Å²) in [5, 5.41) is 3.86. The normalized spacial score (nSPS) is 39.0. The number of hydrogen-bond donors (Lipinski definition) is 1. The molecule has 3 unspecified atom stereocenters. The summed E-state index contributed by atoms with van der Waals surface area (Å²) in [6.45, 7) is 3.92. The van der Waals surface area contributed by atoms with Gasteiger partial charge >= 0.3 is 0 Å². The highest BCUT2D eigenvalue weighted by atomic mass is 15.1. The molecule has 1 heterocycles. The maximum atomic E-state index is 3.86. The van der Waals surface area contributed by atoms with E-state index < -0.39 is 0 Å². The predicted octanol–water partition coefficient (Wildman–Crippen LogP) is 2.50. The third-order valence-electron chi connectivity index (χ3n) is 5.54. The molecule has 2 heteroatoms. The fourth-order valence-corrected chi connectivity index (χ4v) is 4.32. The van der Waals surface area contributed by atoms with Crippen molar-refractivity contribution in [2.75, 3.05) is 26.7 Å². The summed E-state index contributed by atoms with van der Waals surface area (Å²) in [5.41, 5.74) is 0. The summed E-state index contributed by atoms with van der Waals surface area (Å²) in [4.78, 5) is 2.47. The van der Waals surface area contributed by atoms with Crippen LogP contribution in [0.4, 0.5) is 0 Å². The van der Waals surface area contributed by atoms with Gasteiger partial charge in [-0.3, -0.25) is 0 Å². The molecule has 17 heavy (non-hydrogen) atoms. The zero-order valence-corrected chi connectivity index (χ0v) is 11.3. The molecule has 2 aliphatic carbocycles. The summed E-state index contributed by atoms with van der Waals surface area (Å²) < 4.78 is 0. The maximum absolute atomic E-state index is 3.86. The largest absolute Gasteiger partial charge is 0.314 e. The summed E-state index contributed by atoms with van der Waals surface area (Å²) in [5.74, 6) is 3.12. The Balaban J connectivity index is 1.33. The summed E-state index contributed by atoms with van der Waals surface area (Å²) >= 11 is 0. The maximum Gasteiger partial charge on any atom is 0.00980 e. The topological polar surface area (TPSA) is 15.3 Å². The van der Waals surface area contributed by atoms with E-state index in [4.69, 9.17) is 0 Å². The summed E-state index contributed by atoms with van der Waals surface area (Å²) in [7, 11) is 2.25. The second kappa shape index (κ2) is 5.27. The van der Waals surface area contributed by atoms with E-state index in [0.29, 0.717) is 0 Å². The minimum Gasteiger partial charge on any atom is -0.314 e. The van der Waals surface area contributed by atoms with E-state index in [1.54, 1.807) is 0 Å². The monoisotopic (exact) mass is 236 g/mol. The third-order valence-corrected chi connectivity index (χ3v) is 5.54. The van der Waals surface area contributed by atoms with Gasteiger partial charge in [0.25, 0.3) is 0 Å². The fourth-order valence-electron chi connectivity index (χ4n) is 4.32. The predicted molar refractivity (Wildman–Crippen MR) is 72.1 cm³/mol. The van der Waals surface area contributed by atoms with Crippen LogP contribution in [-0.4, -0.2) is 37.6 Å². The average Bonchev–Trinajstić information content (AvgIpc) is 2.94. The van der Waals surface area contributed by atoms with E-state index in [0.717, 1.165) is 23.8 Å². The first-order valence-electron chi connectivity index (χ1n) is 7.73. The molecule has 0 amide bonds. The highest BCUT2D eigenvalue weighted by molar-refractivity contribution is 4.94. The highest BCUT2D eigenvalue weighted by Crippen LogP contribution is 2.44. The van der Waals surface area contributed by atoms with Crippen molar-refractivity contribution in [3.63, 3.8) is 0 Å². The van der Waals surface area contributed by atoms with Crippen LogP contribution < -0.4 is 5.32 Å². The van der Waals surface area contributed by atoms with Crippen molar-refractivity contribution < 1.29 is 0 Å². The molecule has 1 aliphatic heterocycles. The Hall–Kier alpha value is -0.0800. The summed E-state index contributed by atoms with van der Waals surface area (Å²) in [6.07, 6.45) is 10.3. The molecule has 1 saturated heterocycles. The van der Waals surface area contributed by atoms with Gasteiger partial charge < -0.3 is 10.2 Å². The standard InChI is InChI=1S/C15H28N2/c1-17-8-5-12(6-9-17)4-7-16-15-11-13-2-3-14(15)10-13/h12-16H,2-11H2,1H3. The molecule has 98 valence electrons. The first-order chi connectivity index (χ1) is 8.31. The molecule has 0 spiro atoms. The number of likely N-dealkylation sites (tertiary alicyclic amines) is 1. The number of nitrogens with zero attached hydrogens (tertiary/aromatic N) is 1. The van der Waals surface area contributed by atoms with Crippen LogP contribution in [0.25, 0.3) is 0 Å². The molecular weight excluding hydrogens is 208 g/mol. The second-order valence-electron chi connectivity index (χ2n) is 6.77. The van der Waals surface area contributed by atoms with Crippen molar-refractivity contribution in [2.24, 2.45) is 17.8 Å². The van der Waals surface area contributed by atoms with Gasteiger partial charge in [-0.2, -0.15) is 0 Å². The molecule has 3 rings (SSSR count). The minimum atomic E-state index is 0.889. The van der Waals surface area contributed by atoms with Crippen LogP contribution in [0.3, 0.4) is 0 Å². The van der Waals surface area contributed by atoms with Crippen LogP contribution in [0.1, 0.15) is 44.9 Å². The quantitative estimate of drug-likeness (QED) is 0.807. The van der Waals surface area contributed by atoms with Gasteiger partial charge in [0.1, 0.15) is 0 Å². The molecule has 0 aromatic carbocycles. The SMILES string of the molecule is CN1CCC(CCNC2CC3CCC2C3)CC1. The molecule has 2 bridgehead atoms. The van der Waals surface area contributed by atoms with Crippen LogP contribution in [0.2, 0.25) is 0 Å². The van der Waals surface area contributed by atoms with E-state index in [1.165, 1.54) is 64.6 Å². The van der Waals surface area contributed by atoms with Crippen LogP contribution in [0.5, 0.6) is 0 Å². The lowest BCUT2D eigenvalue weighted by Crippen LogP contribution is -2.36. The van der Waals surface area contributed by atoms with Gasteiger partial charge in [-0.1, -0.05) is 6.42 Å². The number of piperidine rings is 1. The Kier molecular flexibility index (Phi) is 3.72. The van der Waals surface area contributed by atoms with E-state index >= 15 is 0 Å². The Morgan fingerprint density at radius 3 is 2.53 bits per heavy atom. The number of rotatable bonds is 4. The van der Waals surface area contributed by atoms with Crippen molar-refractivity contribution in [3.05, 3.63) is 0 Å². The smallest absolute Gasteiger partial charge is 0.00980 e. The zero-order chi connectivity index (χ0) is 11.7. The van der Waals surface area contributed by atoms with Crippen molar-refractivity contribution >= 4 is 0 Å². The van der Waals surface area contributed by atoms with E-state index in [2.05, 4.69) is 17.3 Å². The Labute approximate surface area is 106 Å². The Morgan fingerprint density at radius 1 is 1.06 bits per heavy atom. The fraction of sp³-hybridized carbons (Fsp3) is 1.00. The lowest BCUT2D eigenvalue weighted by molar-refractivity contribution is 0.208. The van der Waals surface area contributed by atoms with Crippen LogP contribution >= 0.6 is 0 Å².